The fraction of sp³-hybridized carbons (Fsp3) is 0.625. The Morgan fingerprint density at radius 1 is 1.32 bits per heavy atom. The molecule has 6 heteroatoms. The van der Waals surface area contributed by atoms with Gasteiger partial charge in [0.15, 0.2) is 0 Å². The van der Waals surface area contributed by atoms with E-state index in [1.165, 1.54) is 12.8 Å². The summed E-state index contributed by atoms with van der Waals surface area (Å²) < 4.78 is 5.35. The molecule has 22 heavy (non-hydrogen) atoms. The van der Waals surface area contributed by atoms with E-state index in [1.54, 1.807) is 13.2 Å². The van der Waals surface area contributed by atoms with Crippen LogP contribution in [0.1, 0.15) is 18.4 Å². The SMILES string of the molecule is COc1c(Cl)cc(Cl)cc1CNCC1CCN(CCO)CC1. The van der Waals surface area contributed by atoms with Crippen LogP contribution < -0.4 is 10.1 Å². The van der Waals surface area contributed by atoms with Crippen LogP contribution in [0.25, 0.3) is 0 Å². The maximum Gasteiger partial charge on any atom is 0.142 e. The van der Waals surface area contributed by atoms with Crippen LogP contribution in [0.2, 0.25) is 10.0 Å². The van der Waals surface area contributed by atoms with E-state index in [2.05, 4.69) is 10.2 Å². The summed E-state index contributed by atoms with van der Waals surface area (Å²) in [6.07, 6.45) is 2.33. The first-order valence-electron chi connectivity index (χ1n) is 7.70. The molecule has 0 spiro atoms. The first-order chi connectivity index (χ1) is 10.6. The van der Waals surface area contributed by atoms with Crippen LogP contribution in [0.3, 0.4) is 0 Å². The van der Waals surface area contributed by atoms with Gasteiger partial charge in [-0.05, 0) is 50.5 Å². The van der Waals surface area contributed by atoms with Crippen molar-refractivity contribution in [2.75, 3.05) is 39.9 Å². The Balaban J connectivity index is 1.80. The van der Waals surface area contributed by atoms with E-state index < -0.39 is 0 Å². The van der Waals surface area contributed by atoms with Crippen molar-refractivity contribution < 1.29 is 9.84 Å². The Morgan fingerprint density at radius 2 is 2.05 bits per heavy atom. The lowest BCUT2D eigenvalue weighted by Crippen LogP contribution is -2.38. The number of hydrogen-bond donors (Lipinski definition) is 2. The van der Waals surface area contributed by atoms with Crippen LogP contribution in [-0.4, -0.2) is 49.9 Å². The number of aliphatic hydroxyl groups is 1. The van der Waals surface area contributed by atoms with Gasteiger partial charge in [-0.15, -0.1) is 0 Å². The van der Waals surface area contributed by atoms with Crippen molar-refractivity contribution in [2.24, 2.45) is 5.92 Å². The third-order valence-corrected chi connectivity index (χ3v) is 4.66. The van der Waals surface area contributed by atoms with Crippen LogP contribution in [-0.2, 0) is 6.54 Å². The Hall–Kier alpha value is -0.520. The minimum atomic E-state index is 0.248. The number of methoxy groups -OCH3 is 1. The Labute approximate surface area is 142 Å². The van der Waals surface area contributed by atoms with E-state index in [0.29, 0.717) is 28.3 Å². The summed E-state index contributed by atoms with van der Waals surface area (Å²) in [5, 5.41) is 13.6. The summed E-state index contributed by atoms with van der Waals surface area (Å²) in [6.45, 7) is 4.84. The van der Waals surface area contributed by atoms with Gasteiger partial charge in [-0.25, -0.2) is 0 Å². The Morgan fingerprint density at radius 3 is 2.68 bits per heavy atom. The smallest absolute Gasteiger partial charge is 0.142 e. The van der Waals surface area contributed by atoms with E-state index in [9.17, 15) is 0 Å². The molecule has 0 aliphatic carbocycles. The van der Waals surface area contributed by atoms with Crippen molar-refractivity contribution in [3.63, 3.8) is 0 Å². The van der Waals surface area contributed by atoms with Crippen molar-refractivity contribution in [3.05, 3.63) is 27.7 Å². The molecule has 1 saturated heterocycles. The highest BCUT2D eigenvalue weighted by Gasteiger charge is 2.18. The number of ether oxygens (including phenoxy) is 1. The molecule has 0 aromatic heterocycles. The van der Waals surface area contributed by atoms with Gasteiger partial charge in [0.05, 0.1) is 18.7 Å². The van der Waals surface area contributed by atoms with Crippen molar-refractivity contribution in [1.82, 2.24) is 10.2 Å². The number of rotatable bonds is 7. The van der Waals surface area contributed by atoms with Crippen molar-refractivity contribution in [1.29, 1.82) is 0 Å². The summed E-state index contributed by atoms with van der Waals surface area (Å²) in [5.74, 6) is 1.37. The van der Waals surface area contributed by atoms with Gasteiger partial charge in [-0.1, -0.05) is 23.2 Å². The standard InChI is InChI=1S/C16H24Cl2N2O2/c1-22-16-13(8-14(17)9-15(16)18)11-19-10-12-2-4-20(5-3-12)6-7-21/h8-9,12,19,21H,2-7,10-11H2,1H3. The molecule has 0 bridgehead atoms. The first kappa shape index (κ1) is 17.8. The summed E-state index contributed by atoms with van der Waals surface area (Å²) in [5.41, 5.74) is 0.984. The molecule has 1 aromatic carbocycles. The summed E-state index contributed by atoms with van der Waals surface area (Å²) >= 11 is 12.2. The minimum absolute atomic E-state index is 0.248. The highest BCUT2D eigenvalue weighted by atomic mass is 35.5. The second kappa shape index (κ2) is 8.94. The highest BCUT2D eigenvalue weighted by Crippen LogP contribution is 2.32. The topological polar surface area (TPSA) is 44.7 Å². The molecule has 124 valence electrons. The third kappa shape index (κ3) is 5.00. The lowest BCUT2D eigenvalue weighted by Gasteiger charge is -2.31. The predicted octanol–water partition coefficient (Wildman–Crippen LogP) is 2.80. The molecule has 1 heterocycles. The number of aliphatic hydroxyl groups excluding tert-OH is 1. The maximum atomic E-state index is 8.96. The molecule has 2 rings (SSSR count). The van der Waals surface area contributed by atoms with E-state index in [1.807, 2.05) is 6.07 Å². The van der Waals surface area contributed by atoms with Crippen LogP contribution in [0, 0.1) is 5.92 Å². The molecule has 1 aliphatic heterocycles. The molecule has 0 amide bonds. The van der Waals surface area contributed by atoms with Gasteiger partial charge in [-0.2, -0.15) is 0 Å². The number of hydrogen-bond acceptors (Lipinski definition) is 4. The Bertz CT molecular complexity index is 477. The van der Waals surface area contributed by atoms with Gasteiger partial charge < -0.3 is 20.1 Å². The van der Waals surface area contributed by atoms with Crippen LogP contribution in [0.5, 0.6) is 5.75 Å². The summed E-state index contributed by atoms with van der Waals surface area (Å²) in [6, 6.07) is 3.59. The second-order valence-electron chi connectivity index (χ2n) is 5.72. The largest absolute Gasteiger partial charge is 0.495 e. The molecule has 4 nitrogen and oxygen atoms in total. The van der Waals surface area contributed by atoms with Gasteiger partial charge in [-0.3, -0.25) is 0 Å². The summed E-state index contributed by atoms with van der Waals surface area (Å²) in [7, 11) is 1.62. The number of piperidine rings is 1. The number of likely N-dealkylation sites (tertiary alicyclic amines) is 1. The average Bonchev–Trinajstić information content (AvgIpc) is 2.49. The normalized spacial score (nSPS) is 16.9. The van der Waals surface area contributed by atoms with Crippen LogP contribution in [0.4, 0.5) is 0 Å². The lowest BCUT2D eigenvalue weighted by molar-refractivity contribution is 0.146. The van der Waals surface area contributed by atoms with Gasteiger partial charge in [0, 0.05) is 23.7 Å². The van der Waals surface area contributed by atoms with Crippen molar-refractivity contribution in [2.45, 2.75) is 19.4 Å². The molecular formula is C16H24Cl2N2O2. The maximum absolute atomic E-state index is 8.96. The van der Waals surface area contributed by atoms with Gasteiger partial charge in [0.1, 0.15) is 5.75 Å². The zero-order valence-corrected chi connectivity index (χ0v) is 14.5. The monoisotopic (exact) mass is 346 g/mol. The second-order valence-corrected chi connectivity index (χ2v) is 6.56. The minimum Gasteiger partial charge on any atom is -0.495 e. The van der Waals surface area contributed by atoms with Gasteiger partial charge in [0.25, 0.3) is 0 Å². The molecule has 1 aromatic rings. The van der Waals surface area contributed by atoms with E-state index in [0.717, 1.165) is 31.7 Å². The first-order valence-corrected chi connectivity index (χ1v) is 8.45. The molecule has 0 atom stereocenters. The fourth-order valence-corrected chi connectivity index (χ4v) is 3.55. The van der Waals surface area contributed by atoms with Gasteiger partial charge in [0.2, 0.25) is 0 Å². The van der Waals surface area contributed by atoms with E-state index in [4.69, 9.17) is 33.0 Å². The quantitative estimate of drug-likeness (QED) is 0.796. The fourth-order valence-electron chi connectivity index (χ4n) is 2.94. The van der Waals surface area contributed by atoms with E-state index >= 15 is 0 Å². The number of nitrogens with zero attached hydrogens (tertiary/aromatic N) is 1. The molecular weight excluding hydrogens is 323 g/mol. The lowest BCUT2D eigenvalue weighted by atomic mass is 9.96. The van der Waals surface area contributed by atoms with E-state index in [-0.39, 0.29) is 6.61 Å². The highest BCUT2D eigenvalue weighted by molar-refractivity contribution is 6.35. The van der Waals surface area contributed by atoms with Crippen molar-refractivity contribution >= 4 is 23.2 Å². The van der Waals surface area contributed by atoms with Crippen LogP contribution in [0.15, 0.2) is 12.1 Å². The third-order valence-electron chi connectivity index (χ3n) is 4.16. The molecule has 2 N–H and O–H groups in total. The van der Waals surface area contributed by atoms with Crippen molar-refractivity contribution in [3.8, 4) is 5.75 Å². The molecule has 0 radical (unpaired) electrons. The number of benzene rings is 1. The average molecular weight is 347 g/mol. The number of β-amino-alcohol motifs (C(OH)–C–C–N with tert-alkyl or cyclic N) is 1. The number of halogens is 2. The number of nitrogens with one attached hydrogen (secondary N) is 1. The molecule has 1 aliphatic rings. The van der Waals surface area contributed by atoms with Crippen LogP contribution >= 0.6 is 23.2 Å². The predicted molar refractivity (Wildman–Crippen MR) is 91.0 cm³/mol. The van der Waals surface area contributed by atoms with Gasteiger partial charge >= 0.3 is 0 Å². The summed E-state index contributed by atoms with van der Waals surface area (Å²) in [4.78, 5) is 2.32. The molecule has 0 saturated carbocycles. The Kier molecular flexibility index (Phi) is 7.25. The molecule has 1 fully saturated rings. The zero-order valence-electron chi connectivity index (χ0n) is 12.9. The molecule has 0 unspecified atom stereocenters. The zero-order chi connectivity index (χ0) is 15.9.